The number of ether oxygens (including phenoxy) is 1. The highest BCUT2D eigenvalue weighted by Gasteiger charge is 2.21. The third kappa shape index (κ3) is 5.01. The van der Waals surface area contributed by atoms with Gasteiger partial charge in [-0.15, -0.1) is 0 Å². The summed E-state index contributed by atoms with van der Waals surface area (Å²) in [7, 11) is -3.85. The minimum Gasteiger partial charge on any atom is -0.449 e. The minimum atomic E-state index is -3.85. The molecule has 7 nitrogen and oxygen atoms in total. The van der Waals surface area contributed by atoms with Gasteiger partial charge in [0.2, 0.25) is 10.0 Å². The first-order valence-corrected chi connectivity index (χ1v) is 9.10. The van der Waals surface area contributed by atoms with Crippen LogP contribution in [0.25, 0.3) is 0 Å². The Bertz CT molecular complexity index is 948. The highest BCUT2D eigenvalue weighted by molar-refractivity contribution is 7.89. The van der Waals surface area contributed by atoms with Crippen molar-refractivity contribution in [3.05, 3.63) is 58.9 Å². The van der Waals surface area contributed by atoms with E-state index in [1.165, 1.54) is 37.3 Å². The number of nitrogens with two attached hydrogens (primary N) is 1. The number of primary sulfonamides is 1. The summed E-state index contributed by atoms with van der Waals surface area (Å²) in [6.45, 7) is 1.31. The summed E-state index contributed by atoms with van der Waals surface area (Å²) >= 11 is 5.61. The highest BCUT2D eigenvalue weighted by atomic mass is 35.5. The average Bonchev–Trinajstić information content (AvgIpc) is 2.54. The van der Waals surface area contributed by atoms with E-state index in [0.29, 0.717) is 0 Å². The predicted molar refractivity (Wildman–Crippen MR) is 92.7 cm³/mol. The Morgan fingerprint density at radius 1 is 1.19 bits per heavy atom. The highest BCUT2D eigenvalue weighted by Crippen LogP contribution is 2.17. The van der Waals surface area contributed by atoms with E-state index in [0.717, 1.165) is 12.1 Å². The number of sulfonamides is 1. The first kappa shape index (κ1) is 19.8. The monoisotopic (exact) mass is 400 g/mol. The predicted octanol–water partition coefficient (Wildman–Crippen LogP) is 2.31. The fourth-order valence-corrected chi connectivity index (χ4v) is 2.58. The molecule has 0 saturated heterocycles. The molecule has 2 rings (SSSR count). The summed E-state index contributed by atoms with van der Waals surface area (Å²) in [6, 6.07) is 8.50. The fraction of sp³-hybridized carbons (Fsp3) is 0.125. The van der Waals surface area contributed by atoms with E-state index in [4.69, 9.17) is 21.5 Å². The zero-order valence-electron chi connectivity index (χ0n) is 13.4. The molecule has 2 aromatic carbocycles. The van der Waals surface area contributed by atoms with Crippen molar-refractivity contribution in [2.45, 2.75) is 17.9 Å². The lowest BCUT2D eigenvalue weighted by Crippen LogP contribution is -2.30. The fourth-order valence-electron chi connectivity index (χ4n) is 1.90. The van der Waals surface area contributed by atoms with Gasteiger partial charge in [-0.05, 0) is 49.4 Å². The smallest absolute Gasteiger partial charge is 0.341 e. The van der Waals surface area contributed by atoms with E-state index in [1.54, 1.807) is 0 Å². The Hall–Kier alpha value is -2.49. The Labute approximate surface area is 154 Å². The molecule has 0 saturated carbocycles. The molecule has 0 bridgehead atoms. The molecule has 1 amide bonds. The number of hydrogen-bond acceptors (Lipinski definition) is 5. The molecule has 0 unspecified atom stereocenters. The lowest BCUT2D eigenvalue weighted by atomic mass is 10.2. The molecule has 0 aromatic heterocycles. The maximum Gasteiger partial charge on any atom is 0.341 e. The van der Waals surface area contributed by atoms with Crippen molar-refractivity contribution in [1.29, 1.82) is 0 Å². The number of amides is 1. The Morgan fingerprint density at radius 3 is 2.35 bits per heavy atom. The van der Waals surface area contributed by atoms with Crippen LogP contribution in [0.15, 0.2) is 47.4 Å². The molecule has 2 aromatic rings. The van der Waals surface area contributed by atoms with Crippen molar-refractivity contribution in [2.24, 2.45) is 5.14 Å². The van der Waals surface area contributed by atoms with E-state index in [-0.39, 0.29) is 21.2 Å². The molecule has 0 radical (unpaired) electrons. The zero-order valence-corrected chi connectivity index (χ0v) is 15.0. The second kappa shape index (κ2) is 7.81. The van der Waals surface area contributed by atoms with Crippen molar-refractivity contribution in [3.63, 3.8) is 0 Å². The van der Waals surface area contributed by atoms with Crippen LogP contribution in [0.4, 0.5) is 10.1 Å². The van der Waals surface area contributed by atoms with Crippen LogP contribution in [-0.2, 0) is 19.6 Å². The largest absolute Gasteiger partial charge is 0.449 e. The summed E-state index contributed by atoms with van der Waals surface area (Å²) in [5, 5.41) is 7.53. The van der Waals surface area contributed by atoms with Gasteiger partial charge in [0.15, 0.2) is 6.10 Å². The van der Waals surface area contributed by atoms with E-state index < -0.39 is 33.8 Å². The summed E-state index contributed by atoms with van der Waals surface area (Å²) in [5.41, 5.74) is -0.0884. The second-order valence-corrected chi connectivity index (χ2v) is 7.23. The lowest BCUT2D eigenvalue weighted by Gasteiger charge is -2.14. The third-order valence-electron chi connectivity index (χ3n) is 3.25. The van der Waals surface area contributed by atoms with Gasteiger partial charge in [-0.3, -0.25) is 4.79 Å². The summed E-state index contributed by atoms with van der Waals surface area (Å²) < 4.78 is 41.0. The van der Waals surface area contributed by atoms with E-state index >= 15 is 0 Å². The van der Waals surface area contributed by atoms with Gasteiger partial charge in [0.25, 0.3) is 5.91 Å². The molecule has 26 heavy (non-hydrogen) atoms. The Morgan fingerprint density at radius 2 is 1.81 bits per heavy atom. The Kier molecular flexibility index (Phi) is 5.96. The number of anilines is 1. The number of benzene rings is 2. The van der Waals surface area contributed by atoms with Gasteiger partial charge in [-0.1, -0.05) is 11.6 Å². The maximum atomic E-state index is 13.7. The number of hydrogen-bond donors (Lipinski definition) is 2. The molecule has 0 aliphatic heterocycles. The molecular formula is C16H14ClFN2O5S. The third-order valence-corrected chi connectivity index (χ3v) is 4.42. The molecule has 1 atom stereocenters. The molecule has 0 aliphatic carbocycles. The second-order valence-electron chi connectivity index (χ2n) is 5.23. The van der Waals surface area contributed by atoms with Crippen LogP contribution in [0, 0.1) is 5.82 Å². The van der Waals surface area contributed by atoms with Crippen molar-refractivity contribution in [3.8, 4) is 0 Å². The first-order valence-electron chi connectivity index (χ1n) is 7.17. The van der Waals surface area contributed by atoms with Gasteiger partial charge in [-0.25, -0.2) is 22.7 Å². The summed E-state index contributed by atoms with van der Waals surface area (Å²) in [4.78, 5) is 23.9. The number of rotatable bonds is 5. The average molecular weight is 401 g/mol. The zero-order chi connectivity index (χ0) is 19.5. The van der Waals surface area contributed by atoms with Crippen molar-refractivity contribution in [1.82, 2.24) is 0 Å². The molecule has 10 heteroatoms. The lowest BCUT2D eigenvalue weighted by molar-refractivity contribution is -0.123. The van der Waals surface area contributed by atoms with Gasteiger partial charge < -0.3 is 10.1 Å². The maximum absolute atomic E-state index is 13.7. The van der Waals surface area contributed by atoms with Crippen LogP contribution in [0.2, 0.25) is 5.02 Å². The van der Waals surface area contributed by atoms with Gasteiger partial charge in [0, 0.05) is 10.7 Å². The van der Waals surface area contributed by atoms with Crippen LogP contribution in [0.3, 0.4) is 0 Å². The van der Waals surface area contributed by atoms with Gasteiger partial charge in [0.1, 0.15) is 5.82 Å². The molecule has 3 N–H and O–H groups in total. The molecule has 138 valence electrons. The number of nitrogens with one attached hydrogen (secondary N) is 1. The summed E-state index contributed by atoms with van der Waals surface area (Å²) in [5.74, 6) is -2.57. The van der Waals surface area contributed by atoms with Crippen LogP contribution < -0.4 is 10.5 Å². The quantitative estimate of drug-likeness (QED) is 0.747. The van der Waals surface area contributed by atoms with E-state index in [1.807, 2.05) is 0 Å². The van der Waals surface area contributed by atoms with Crippen LogP contribution >= 0.6 is 11.6 Å². The van der Waals surface area contributed by atoms with Gasteiger partial charge in [-0.2, -0.15) is 0 Å². The van der Waals surface area contributed by atoms with E-state index in [9.17, 15) is 22.4 Å². The first-order chi connectivity index (χ1) is 12.1. The van der Waals surface area contributed by atoms with Crippen molar-refractivity contribution < 1.29 is 27.1 Å². The molecule has 0 heterocycles. The van der Waals surface area contributed by atoms with Crippen LogP contribution in [0.1, 0.15) is 17.3 Å². The minimum absolute atomic E-state index is 0.117. The number of esters is 1. The topological polar surface area (TPSA) is 116 Å². The molecule has 0 aliphatic rings. The molecule has 0 fully saturated rings. The number of halogens is 2. The summed E-state index contributed by atoms with van der Waals surface area (Å²) in [6.07, 6.45) is -1.23. The van der Waals surface area contributed by atoms with Gasteiger partial charge >= 0.3 is 5.97 Å². The molecule has 0 spiro atoms. The van der Waals surface area contributed by atoms with Crippen molar-refractivity contribution in [2.75, 3.05) is 5.32 Å². The van der Waals surface area contributed by atoms with Crippen LogP contribution in [0.5, 0.6) is 0 Å². The number of carbonyl (C=O) groups is 2. The normalized spacial score (nSPS) is 12.3. The van der Waals surface area contributed by atoms with Crippen molar-refractivity contribution >= 4 is 39.2 Å². The molecular weight excluding hydrogens is 387 g/mol. The SMILES string of the molecule is C[C@H](OC(=O)c1ccc(Cl)cc1F)C(=O)Nc1ccc(S(N)(=O)=O)cc1. The van der Waals surface area contributed by atoms with Gasteiger partial charge in [0.05, 0.1) is 10.5 Å². The number of carbonyl (C=O) groups excluding carboxylic acids is 2. The van der Waals surface area contributed by atoms with Crippen LogP contribution in [-0.4, -0.2) is 26.4 Å². The Balaban J connectivity index is 2.02. The van der Waals surface area contributed by atoms with E-state index in [2.05, 4.69) is 5.32 Å². The standard InChI is InChI=1S/C16H14ClFN2O5S/c1-9(25-16(22)13-7-2-10(17)8-14(13)18)15(21)20-11-3-5-12(6-4-11)26(19,23)24/h2-9H,1H3,(H,20,21)(H2,19,23,24)/t9-/m0/s1.